The van der Waals surface area contributed by atoms with E-state index in [2.05, 4.69) is 30.8 Å². The van der Waals surface area contributed by atoms with E-state index in [0.717, 1.165) is 19.0 Å². The number of rotatable bonds is 3. The van der Waals surface area contributed by atoms with Gasteiger partial charge in [-0.1, -0.05) is 25.9 Å². The molecule has 0 spiro atoms. The van der Waals surface area contributed by atoms with Gasteiger partial charge in [0.05, 0.1) is 6.54 Å². The van der Waals surface area contributed by atoms with Crippen LogP contribution in [0.4, 0.5) is 0 Å². The number of hydrogen-bond donors (Lipinski definition) is 2. The molecule has 1 aromatic rings. The molecule has 0 unspecified atom stereocenters. The lowest BCUT2D eigenvalue weighted by molar-refractivity contribution is 0.0943. The van der Waals surface area contributed by atoms with Gasteiger partial charge in [0, 0.05) is 6.07 Å². The highest BCUT2D eigenvalue weighted by atomic mass is 16.5. The van der Waals surface area contributed by atoms with Crippen LogP contribution in [0, 0.1) is 11.3 Å². The minimum Gasteiger partial charge on any atom is -0.359 e. The van der Waals surface area contributed by atoms with Crippen molar-refractivity contribution in [3.63, 3.8) is 0 Å². The van der Waals surface area contributed by atoms with Crippen molar-refractivity contribution in [3.05, 3.63) is 17.5 Å². The fraction of sp³-hybridized carbons (Fsp3) is 0.714. The molecule has 0 bridgehead atoms. The smallest absolute Gasteiger partial charge is 0.287 e. The molecule has 1 saturated heterocycles. The molecular formula is C14H24N4O2. The molecule has 1 aromatic heterocycles. The van der Waals surface area contributed by atoms with Crippen LogP contribution in [0.5, 0.6) is 0 Å². The molecule has 0 atom stereocenters. The Balaban J connectivity index is 1.87. The Hall–Kier alpha value is -1.40. The maximum atomic E-state index is 11.3. The summed E-state index contributed by atoms with van der Waals surface area (Å²) in [5, 5.41) is 3.71. The van der Waals surface area contributed by atoms with Crippen LogP contribution in [0.15, 0.2) is 10.6 Å². The summed E-state index contributed by atoms with van der Waals surface area (Å²) in [7, 11) is 0. The molecule has 3 N–H and O–H groups in total. The number of nitrogens with one attached hydrogen (secondary N) is 1. The molecular weight excluding hydrogens is 256 g/mol. The van der Waals surface area contributed by atoms with E-state index in [-0.39, 0.29) is 5.69 Å². The lowest BCUT2D eigenvalue weighted by Gasteiger charge is -2.38. The second-order valence-corrected chi connectivity index (χ2v) is 6.57. The van der Waals surface area contributed by atoms with E-state index < -0.39 is 5.91 Å². The van der Waals surface area contributed by atoms with Crippen LogP contribution >= 0.6 is 0 Å². The minimum atomic E-state index is -0.425. The Morgan fingerprint density at radius 2 is 2.15 bits per heavy atom. The zero-order valence-electron chi connectivity index (χ0n) is 12.5. The zero-order chi connectivity index (χ0) is 14.8. The number of carbonyl (C=O) groups is 1. The van der Waals surface area contributed by atoms with Crippen LogP contribution in [-0.2, 0) is 6.54 Å². The summed E-state index contributed by atoms with van der Waals surface area (Å²) in [5.74, 6) is 6.11. The van der Waals surface area contributed by atoms with Gasteiger partial charge < -0.3 is 4.52 Å². The van der Waals surface area contributed by atoms with Crippen molar-refractivity contribution in [3.8, 4) is 0 Å². The highest BCUT2D eigenvalue weighted by Gasteiger charge is 2.29. The molecule has 2 heterocycles. The maximum Gasteiger partial charge on any atom is 0.287 e. The molecule has 6 nitrogen and oxygen atoms in total. The second-order valence-electron chi connectivity index (χ2n) is 6.57. The van der Waals surface area contributed by atoms with Crippen molar-refractivity contribution in [1.29, 1.82) is 0 Å². The number of hydrazine groups is 1. The third-order valence-corrected chi connectivity index (χ3v) is 4.11. The number of likely N-dealkylation sites (tertiary alicyclic amines) is 1. The van der Waals surface area contributed by atoms with E-state index in [4.69, 9.17) is 10.4 Å². The van der Waals surface area contributed by atoms with Gasteiger partial charge in [0.2, 0.25) is 0 Å². The van der Waals surface area contributed by atoms with Crippen molar-refractivity contribution in [1.82, 2.24) is 15.5 Å². The number of carbonyl (C=O) groups excluding carboxylic acids is 1. The zero-order valence-corrected chi connectivity index (χ0v) is 12.5. The van der Waals surface area contributed by atoms with E-state index in [1.165, 1.54) is 12.8 Å². The Bertz CT molecular complexity index is 456. The average molecular weight is 280 g/mol. The number of piperidine rings is 1. The summed E-state index contributed by atoms with van der Waals surface area (Å²) < 4.78 is 5.18. The topological polar surface area (TPSA) is 84.4 Å². The third kappa shape index (κ3) is 3.58. The first-order valence-corrected chi connectivity index (χ1v) is 7.09. The number of nitrogen functional groups attached to an aromatic ring is 1. The molecule has 0 saturated carbocycles. The van der Waals surface area contributed by atoms with Crippen molar-refractivity contribution in [2.24, 2.45) is 17.2 Å². The summed E-state index contributed by atoms with van der Waals surface area (Å²) in [6.45, 7) is 9.73. The first kappa shape index (κ1) is 15.0. The van der Waals surface area contributed by atoms with Gasteiger partial charge in [-0.2, -0.15) is 0 Å². The normalized spacial score (nSPS) is 18.2. The Labute approximate surface area is 119 Å². The predicted molar refractivity (Wildman–Crippen MR) is 75.6 cm³/mol. The van der Waals surface area contributed by atoms with Crippen LogP contribution < -0.4 is 11.3 Å². The van der Waals surface area contributed by atoms with Crippen molar-refractivity contribution in [2.75, 3.05) is 13.1 Å². The van der Waals surface area contributed by atoms with Gasteiger partial charge in [-0.15, -0.1) is 0 Å². The van der Waals surface area contributed by atoms with Crippen LogP contribution in [-0.4, -0.2) is 29.1 Å². The Kier molecular flexibility index (Phi) is 4.45. The lowest BCUT2D eigenvalue weighted by Crippen LogP contribution is -2.37. The van der Waals surface area contributed by atoms with Gasteiger partial charge in [0.15, 0.2) is 11.5 Å². The number of nitrogens with zero attached hydrogens (tertiary/aromatic N) is 2. The standard InChI is InChI=1S/C14H24N4O2/c1-14(2,3)10-4-6-18(7-5-10)9-11-8-12(17-20-11)13(19)16-15/h8,10H,4-7,9,15H2,1-3H3,(H,16,19). The number of hydrogen-bond acceptors (Lipinski definition) is 5. The van der Waals surface area contributed by atoms with Crippen LogP contribution in [0.2, 0.25) is 0 Å². The third-order valence-electron chi connectivity index (χ3n) is 4.11. The Morgan fingerprint density at radius 1 is 1.50 bits per heavy atom. The van der Waals surface area contributed by atoms with Crippen molar-refractivity contribution in [2.45, 2.75) is 40.2 Å². The van der Waals surface area contributed by atoms with E-state index in [0.29, 0.717) is 17.7 Å². The first-order valence-electron chi connectivity index (χ1n) is 7.09. The van der Waals surface area contributed by atoms with E-state index >= 15 is 0 Å². The van der Waals surface area contributed by atoms with E-state index in [1.807, 2.05) is 5.43 Å². The first-order chi connectivity index (χ1) is 9.40. The monoisotopic (exact) mass is 280 g/mol. The van der Waals surface area contributed by atoms with Crippen molar-refractivity contribution >= 4 is 5.91 Å². The Morgan fingerprint density at radius 3 is 2.70 bits per heavy atom. The molecule has 1 amide bonds. The molecule has 1 aliphatic heterocycles. The summed E-state index contributed by atoms with van der Waals surface area (Å²) in [6, 6.07) is 1.65. The fourth-order valence-corrected chi connectivity index (χ4v) is 2.75. The highest BCUT2D eigenvalue weighted by molar-refractivity contribution is 5.91. The summed E-state index contributed by atoms with van der Waals surface area (Å²) >= 11 is 0. The summed E-state index contributed by atoms with van der Waals surface area (Å²) in [6.07, 6.45) is 2.40. The molecule has 6 heteroatoms. The van der Waals surface area contributed by atoms with Gasteiger partial charge in [0.25, 0.3) is 5.91 Å². The molecule has 0 aromatic carbocycles. The summed E-state index contributed by atoms with van der Waals surface area (Å²) in [5.41, 5.74) is 2.65. The quantitative estimate of drug-likeness (QED) is 0.498. The average Bonchev–Trinajstić information content (AvgIpc) is 2.86. The number of aromatic nitrogens is 1. The van der Waals surface area contributed by atoms with Gasteiger partial charge in [0.1, 0.15) is 0 Å². The number of amides is 1. The molecule has 0 radical (unpaired) electrons. The van der Waals surface area contributed by atoms with Gasteiger partial charge in [-0.3, -0.25) is 15.1 Å². The molecule has 0 aliphatic carbocycles. The maximum absolute atomic E-state index is 11.3. The number of nitrogens with two attached hydrogens (primary N) is 1. The van der Waals surface area contributed by atoms with Gasteiger partial charge in [-0.25, -0.2) is 5.84 Å². The van der Waals surface area contributed by atoms with Crippen molar-refractivity contribution < 1.29 is 9.32 Å². The van der Waals surface area contributed by atoms with Gasteiger partial charge in [-0.05, 0) is 37.3 Å². The minimum absolute atomic E-state index is 0.229. The summed E-state index contributed by atoms with van der Waals surface area (Å²) in [4.78, 5) is 13.6. The highest BCUT2D eigenvalue weighted by Crippen LogP contribution is 2.34. The van der Waals surface area contributed by atoms with E-state index in [1.54, 1.807) is 6.07 Å². The lowest BCUT2D eigenvalue weighted by atomic mass is 9.75. The van der Waals surface area contributed by atoms with Gasteiger partial charge >= 0.3 is 0 Å². The molecule has 2 rings (SSSR count). The van der Waals surface area contributed by atoms with Crippen LogP contribution in [0.25, 0.3) is 0 Å². The molecule has 112 valence electrons. The van der Waals surface area contributed by atoms with Crippen LogP contribution in [0.3, 0.4) is 0 Å². The predicted octanol–water partition coefficient (Wildman–Crippen LogP) is 1.54. The largest absolute Gasteiger partial charge is 0.359 e. The SMILES string of the molecule is CC(C)(C)C1CCN(Cc2cc(C(=O)NN)no2)CC1. The van der Waals surface area contributed by atoms with Crippen LogP contribution in [0.1, 0.15) is 49.9 Å². The fourth-order valence-electron chi connectivity index (χ4n) is 2.75. The second kappa shape index (κ2) is 5.93. The molecule has 1 aliphatic rings. The molecule has 20 heavy (non-hydrogen) atoms. The van der Waals surface area contributed by atoms with E-state index in [9.17, 15) is 4.79 Å². The molecule has 1 fully saturated rings.